The van der Waals surface area contributed by atoms with Gasteiger partial charge in [-0.1, -0.05) is 25.0 Å². The van der Waals surface area contributed by atoms with Gasteiger partial charge in [0.15, 0.2) is 5.82 Å². The second-order valence-corrected chi connectivity index (χ2v) is 7.54. The van der Waals surface area contributed by atoms with Crippen molar-refractivity contribution in [1.29, 1.82) is 0 Å². The van der Waals surface area contributed by atoms with E-state index in [0.717, 1.165) is 30.0 Å². The van der Waals surface area contributed by atoms with Crippen LogP contribution in [0.2, 0.25) is 0 Å². The molecule has 2 aliphatic carbocycles. The van der Waals surface area contributed by atoms with Crippen LogP contribution in [0.15, 0.2) is 30.6 Å². The fraction of sp³-hybridized carbons (Fsp3) is 0.550. The second-order valence-electron chi connectivity index (χ2n) is 7.54. The Kier molecular flexibility index (Phi) is 4.42. The Balaban J connectivity index is 1.48. The van der Waals surface area contributed by atoms with Crippen molar-refractivity contribution >= 4 is 5.91 Å². The summed E-state index contributed by atoms with van der Waals surface area (Å²) in [6.45, 7) is 2.00. The van der Waals surface area contributed by atoms with Crippen LogP contribution in [-0.2, 0) is 10.2 Å². The second kappa shape index (κ2) is 6.74. The molecule has 1 heterocycles. The Labute approximate surface area is 154 Å². The first-order valence-corrected chi connectivity index (χ1v) is 9.49. The number of amides is 1. The lowest BCUT2D eigenvalue weighted by Gasteiger charge is -2.22. The number of ether oxygens (including phenoxy) is 1. The largest absolute Gasteiger partial charge is 0.497 e. The van der Waals surface area contributed by atoms with Gasteiger partial charge in [-0.3, -0.25) is 4.79 Å². The normalized spacial score (nSPS) is 19.9. The lowest BCUT2D eigenvalue weighted by molar-refractivity contribution is -0.124. The molecular weight excluding hydrogens is 328 g/mol. The van der Waals surface area contributed by atoms with Gasteiger partial charge in [0.05, 0.1) is 18.6 Å². The summed E-state index contributed by atoms with van der Waals surface area (Å²) in [6.07, 6.45) is 8.42. The van der Waals surface area contributed by atoms with Gasteiger partial charge in [-0.2, -0.15) is 0 Å². The highest BCUT2D eigenvalue weighted by molar-refractivity contribution is 5.91. The first kappa shape index (κ1) is 17.1. The molecule has 0 spiro atoms. The van der Waals surface area contributed by atoms with E-state index in [-0.39, 0.29) is 11.9 Å². The zero-order valence-corrected chi connectivity index (χ0v) is 15.4. The number of aromatic nitrogens is 3. The number of methoxy groups -OCH3 is 1. The van der Waals surface area contributed by atoms with Crippen molar-refractivity contribution in [2.45, 2.75) is 62.9 Å². The van der Waals surface area contributed by atoms with Crippen molar-refractivity contribution in [1.82, 2.24) is 20.1 Å². The van der Waals surface area contributed by atoms with E-state index in [4.69, 9.17) is 4.74 Å². The summed E-state index contributed by atoms with van der Waals surface area (Å²) in [6, 6.07) is 8.15. The quantitative estimate of drug-likeness (QED) is 0.864. The molecule has 4 rings (SSSR count). The molecular formula is C20H26N4O2. The molecule has 6 heteroatoms. The minimum Gasteiger partial charge on any atom is -0.497 e. The van der Waals surface area contributed by atoms with E-state index in [2.05, 4.69) is 20.1 Å². The van der Waals surface area contributed by atoms with Gasteiger partial charge < -0.3 is 14.6 Å². The Hall–Kier alpha value is -2.37. The molecule has 1 N–H and O–H groups in total. The average molecular weight is 354 g/mol. The monoisotopic (exact) mass is 354 g/mol. The molecule has 2 aromatic rings. The molecule has 2 fully saturated rings. The van der Waals surface area contributed by atoms with Crippen molar-refractivity contribution in [3.63, 3.8) is 0 Å². The fourth-order valence-corrected chi connectivity index (χ4v) is 4.11. The number of hydrogen-bond acceptors (Lipinski definition) is 4. The van der Waals surface area contributed by atoms with E-state index < -0.39 is 5.41 Å². The van der Waals surface area contributed by atoms with E-state index in [0.29, 0.717) is 6.04 Å². The number of carbonyl (C=O) groups is 1. The lowest BCUT2D eigenvalue weighted by atomic mass is 9.94. The standard InChI is InChI=1S/C20H26N4O2/c1-14(18-23-21-13-24(18)16-5-3-4-6-16)22-19(25)20(11-12-20)15-7-9-17(26-2)10-8-15/h7-10,13-14,16H,3-6,11-12H2,1-2H3,(H,22,25)/t14-/m1/s1. The molecule has 138 valence electrons. The molecule has 1 aromatic carbocycles. The molecule has 6 nitrogen and oxygen atoms in total. The predicted octanol–water partition coefficient (Wildman–Crippen LogP) is 3.31. The molecule has 0 bridgehead atoms. The maximum absolute atomic E-state index is 13.0. The Bertz CT molecular complexity index is 773. The average Bonchev–Trinajstić information content (AvgIpc) is 3.08. The van der Waals surface area contributed by atoms with E-state index in [1.165, 1.54) is 25.7 Å². The summed E-state index contributed by atoms with van der Waals surface area (Å²) < 4.78 is 7.38. The van der Waals surface area contributed by atoms with E-state index in [1.54, 1.807) is 7.11 Å². The van der Waals surface area contributed by atoms with Crippen LogP contribution in [0.25, 0.3) is 0 Å². The van der Waals surface area contributed by atoms with Crippen LogP contribution >= 0.6 is 0 Å². The van der Waals surface area contributed by atoms with E-state index in [9.17, 15) is 4.79 Å². The Morgan fingerprint density at radius 3 is 2.58 bits per heavy atom. The molecule has 0 saturated heterocycles. The lowest BCUT2D eigenvalue weighted by Crippen LogP contribution is -2.37. The van der Waals surface area contributed by atoms with Gasteiger partial charge in [0, 0.05) is 6.04 Å². The third-order valence-electron chi connectivity index (χ3n) is 5.88. The molecule has 1 aromatic heterocycles. The van der Waals surface area contributed by atoms with Gasteiger partial charge in [0.1, 0.15) is 12.1 Å². The van der Waals surface area contributed by atoms with Crippen molar-refractivity contribution in [2.75, 3.05) is 7.11 Å². The van der Waals surface area contributed by atoms with Crippen molar-refractivity contribution in [2.24, 2.45) is 0 Å². The van der Waals surface area contributed by atoms with Crippen LogP contribution in [0, 0.1) is 0 Å². The van der Waals surface area contributed by atoms with Crippen molar-refractivity contribution in [3.05, 3.63) is 42.0 Å². The summed E-state index contributed by atoms with van der Waals surface area (Å²) in [5.74, 6) is 1.75. The van der Waals surface area contributed by atoms with Crippen molar-refractivity contribution < 1.29 is 9.53 Å². The highest BCUT2D eigenvalue weighted by atomic mass is 16.5. The summed E-state index contributed by atoms with van der Waals surface area (Å²) in [5.41, 5.74) is 0.652. The molecule has 0 aliphatic heterocycles. The van der Waals surface area contributed by atoms with Crippen molar-refractivity contribution in [3.8, 4) is 5.75 Å². The Morgan fingerprint density at radius 2 is 1.96 bits per heavy atom. The highest BCUT2D eigenvalue weighted by Gasteiger charge is 2.51. The molecule has 0 unspecified atom stereocenters. The smallest absolute Gasteiger partial charge is 0.231 e. The van der Waals surface area contributed by atoms with Crippen LogP contribution in [0.4, 0.5) is 0 Å². The third-order valence-corrected chi connectivity index (χ3v) is 5.88. The van der Waals surface area contributed by atoms with E-state index >= 15 is 0 Å². The molecule has 2 aliphatic rings. The van der Waals surface area contributed by atoms with E-state index in [1.807, 2.05) is 37.5 Å². The maximum atomic E-state index is 13.0. The first-order valence-electron chi connectivity index (χ1n) is 9.49. The van der Waals surface area contributed by atoms with Gasteiger partial charge in [0.25, 0.3) is 0 Å². The third kappa shape index (κ3) is 2.97. The van der Waals surface area contributed by atoms with Gasteiger partial charge in [-0.25, -0.2) is 0 Å². The number of hydrogen-bond donors (Lipinski definition) is 1. The maximum Gasteiger partial charge on any atom is 0.231 e. The first-order chi connectivity index (χ1) is 12.6. The molecule has 2 saturated carbocycles. The fourth-order valence-electron chi connectivity index (χ4n) is 4.11. The molecule has 0 radical (unpaired) electrons. The summed E-state index contributed by atoms with van der Waals surface area (Å²) >= 11 is 0. The van der Waals surface area contributed by atoms with Gasteiger partial charge in [-0.05, 0) is 50.3 Å². The minimum absolute atomic E-state index is 0.0798. The zero-order chi connectivity index (χ0) is 18.1. The van der Waals surface area contributed by atoms with Crippen LogP contribution < -0.4 is 10.1 Å². The van der Waals surface area contributed by atoms with Crippen LogP contribution in [0.3, 0.4) is 0 Å². The predicted molar refractivity (Wildman–Crippen MR) is 98.0 cm³/mol. The summed E-state index contributed by atoms with van der Waals surface area (Å²) in [7, 11) is 1.65. The minimum atomic E-state index is -0.404. The molecule has 1 amide bonds. The highest BCUT2D eigenvalue weighted by Crippen LogP contribution is 2.49. The SMILES string of the molecule is COc1ccc(C2(C(=O)N[C@H](C)c3nncn3C3CCCC3)CC2)cc1. The van der Waals surface area contributed by atoms with Crippen LogP contribution in [0.1, 0.15) is 68.9 Å². The molecule has 26 heavy (non-hydrogen) atoms. The Morgan fingerprint density at radius 1 is 1.27 bits per heavy atom. The topological polar surface area (TPSA) is 69.0 Å². The number of benzene rings is 1. The summed E-state index contributed by atoms with van der Waals surface area (Å²) in [5, 5.41) is 11.6. The number of nitrogens with one attached hydrogen (secondary N) is 1. The van der Waals surface area contributed by atoms with Crippen LogP contribution in [-0.4, -0.2) is 27.8 Å². The zero-order valence-electron chi connectivity index (χ0n) is 15.4. The van der Waals surface area contributed by atoms with Gasteiger partial charge in [-0.15, -0.1) is 10.2 Å². The van der Waals surface area contributed by atoms with Gasteiger partial charge in [0.2, 0.25) is 5.91 Å². The number of rotatable bonds is 6. The summed E-state index contributed by atoms with van der Waals surface area (Å²) in [4.78, 5) is 13.0. The molecule has 1 atom stereocenters. The van der Waals surface area contributed by atoms with Crippen LogP contribution in [0.5, 0.6) is 5.75 Å². The number of carbonyl (C=O) groups excluding carboxylic acids is 1. The number of nitrogens with zero attached hydrogens (tertiary/aromatic N) is 3. The van der Waals surface area contributed by atoms with Gasteiger partial charge >= 0.3 is 0 Å².